The van der Waals surface area contributed by atoms with Gasteiger partial charge in [-0.3, -0.25) is 5.10 Å². The lowest BCUT2D eigenvalue weighted by Gasteiger charge is -2.21. The number of aromatic nitrogens is 3. The number of aromatic amines is 1. The summed E-state index contributed by atoms with van der Waals surface area (Å²) in [4.78, 5) is 4.52. The van der Waals surface area contributed by atoms with E-state index in [4.69, 9.17) is 9.47 Å². The molecule has 1 saturated heterocycles. The highest BCUT2D eigenvalue weighted by Gasteiger charge is 2.15. The number of hydrogen-bond donors (Lipinski definition) is 1. The van der Waals surface area contributed by atoms with Crippen molar-refractivity contribution in [3.05, 3.63) is 24.3 Å². The second-order valence-corrected chi connectivity index (χ2v) is 5.98. The Morgan fingerprint density at radius 3 is 2.90 bits per heavy atom. The van der Waals surface area contributed by atoms with Gasteiger partial charge in [0.2, 0.25) is 5.16 Å². The number of nitrogens with one attached hydrogen (secondary N) is 1. The van der Waals surface area contributed by atoms with Crippen molar-refractivity contribution < 1.29 is 9.47 Å². The molecule has 0 spiro atoms. The monoisotopic (exact) mass is 305 g/mol. The first-order valence-electron chi connectivity index (χ1n) is 7.16. The lowest BCUT2D eigenvalue weighted by molar-refractivity contribution is 0.0315. The van der Waals surface area contributed by atoms with Gasteiger partial charge in [-0.2, -0.15) is 0 Å². The Morgan fingerprint density at radius 2 is 2.19 bits per heavy atom. The fourth-order valence-corrected chi connectivity index (χ4v) is 3.16. The minimum atomic E-state index is 0.340. The van der Waals surface area contributed by atoms with Gasteiger partial charge in [-0.15, -0.1) is 5.10 Å². The Balaban J connectivity index is 1.59. The summed E-state index contributed by atoms with van der Waals surface area (Å²) in [5.74, 6) is 2.53. The Kier molecular flexibility index (Phi) is 4.77. The fourth-order valence-electron chi connectivity index (χ4n) is 2.30. The first kappa shape index (κ1) is 14.4. The molecule has 1 aromatic heterocycles. The van der Waals surface area contributed by atoms with E-state index in [1.54, 1.807) is 18.9 Å². The van der Waals surface area contributed by atoms with Crippen LogP contribution in [0.5, 0.6) is 5.75 Å². The predicted octanol–water partition coefficient (Wildman–Crippen LogP) is 3.14. The number of benzene rings is 1. The minimum absolute atomic E-state index is 0.340. The smallest absolute Gasteiger partial charge is 0.208 e. The number of thioether (sulfide) groups is 1. The average molecular weight is 305 g/mol. The van der Waals surface area contributed by atoms with E-state index < -0.39 is 0 Å². The van der Waals surface area contributed by atoms with Crippen LogP contribution in [-0.2, 0) is 4.74 Å². The van der Waals surface area contributed by atoms with Gasteiger partial charge >= 0.3 is 0 Å². The largest absolute Gasteiger partial charge is 0.497 e. The van der Waals surface area contributed by atoms with E-state index in [1.807, 2.05) is 24.3 Å². The molecule has 0 amide bonds. The highest BCUT2D eigenvalue weighted by Crippen LogP contribution is 2.24. The minimum Gasteiger partial charge on any atom is -0.497 e. The molecule has 1 aliphatic rings. The van der Waals surface area contributed by atoms with Crippen molar-refractivity contribution in [2.75, 3.05) is 19.5 Å². The number of hydrogen-bond acceptors (Lipinski definition) is 5. The van der Waals surface area contributed by atoms with Crippen molar-refractivity contribution in [1.29, 1.82) is 0 Å². The molecule has 5 nitrogen and oxygen atoms in total. The zero-order valence-corrected chi connectivity index (χ0v) is 12.9. The molecule has 2 heterocycles. The van der Waals surface area contributed by atoms with Crippen LogP contribution >= 0.6 is 11.8 Å². The molecule has 1 fully saturated rings. The first-order chi connectivity index (χ1) is 10.3. The van der Waals surface area contributed by atoms with Gasteiger partial charge in [0.25, 0.3) is 0 Å². The van der Waals surface area contributed by atoms with Gasteiger partial charge in [0.15, 0.2) is 5.82 Å². The van der Waals surface area contributed by atoms with Crippen LogP contribution in [0.4, 0.5) is 0 Å². The van der Waals surface area contributed by atoms with Crippen LogP contribution in [0.3, 0.4) is 0 Å². The van der Waals surface area contributed by atoms with E-state index in [0.29, 0.717) is 6.10 Å². The lowest BCUT2D eigenvalue weighted by Crippen LogP contribution is -2.21. The number of H-pyrrole nitrogens is 1. The van der Waals surface area contributed by atoms with Crippen molar-refractivity contribution in [1.82, 2.24) is 15.2 Å². The second kappa shape index (κ2) is 6.95. The van der Waals surface area contributed by atoms with Crippen molar-refractivity contribution >= 4 is 11.8 Å². The number of rotatable bonds is 5. The summed E-state index contributed by atoms with van der Waals surface area (Å²) in [5.41, 5.74) is 1.00. The van der Waals surface area contributed by atoms with E-state index in [2.05, 4.69) is 15.2 Å². The Labute approximate surface area is 128 Å². The van der Waals surface area contributed by atoms with Crippen molar-refractivity contribution in [2.45, 2.75) is 30.5 Å². The van der Waals surface area contributed by atoms with Gasteiger partial charge in [0, 0.05) is 17.9 Å². The predicted molar refractivity (Wildman–Crippen MR) is 82.7 cm³/mol. The van der Waals surface area contributed by atoms with E-state index >= 15 is 0 Å². The molecule has 1 aliphatic heterocycles. The third-order valence-electron chi connectivity index (χ3n) is 3.50. The van der Waals surface area contributed by atoms with Crippen LogP contribution in [0.25, 0.3) is 11.4 Å². The summed E-state index contributed by atoms with van der Waals surface area (Å²) >= 11 is 1.65. The topological polar surface area (TPSA) is 60.0 Å². The normalized spacial score (nSPS) is 18.6. The molecule has 0 bridgehead atoms. The van der Waals surface area contributed by atoms with E-state index in [1.165, 1.54) is 12.8 Å². The molecule has 21 heavy (non-hydrogen) atoms. The number of nitrogens with zero attached hydrogens (tertiary/aromatic N) is 2. The third kappa shape index (κ3) is 3.77. The average Bonchev–Trinajstić information content (AvgIpc) is 3.03. The standard InChI is InChI=1S/C15H19N3O2S/c1-19-12-7-5-11(6-8-12)14-16-15(18-17-14)21-10-13-4-2-3-9-20-13/h5-8,13H,2-4,9-10H2,1H3,(H,16,17,18)/t13-/m0/s1. The molecular formula is C15H19N3O2S. The molecule has 112 valence electrons. The van der Waals surface area contributed by atoms with Gasteiger partial charge in [-0.05, 0) is 43.5 Å². The SMILES string of the molecule is COc1ccc(-c2nc(SC[C@@H]3CCCCO3)n[nH]2)cc1. The summed E-state index contributed by atoms with van der Waals surface area (Å²) in [6.07, 6.45) is 3.93. The zero-order chi connectivity index (χ0) is 14.5. The quantitative estimate of drug-likeness (QED) is 0.860. The molecule has 0 radical (unpaired) electrons. The number of ether oxygens (including phenoxy) is 2. The fraction of sp³-hybridized carbons (Fsp3) is 0.467. The Morgan fingerprint density at radius 1 is 1.33 bits per heavy atom. The van der Waals surface area contributed by atoms with Gasteiger partial charge in [-0.25, -0.2) is 4.98 Å². The number of methoxy groups -OCH3 is 1. The van der Waals surface area contributed by atoms with Crippen LogP contribution in [0.1, 0.15) is 19.3 Å². The van der Waals surface area contributed by atoms with Crippen LogP contribution in [-0.4, -0.2) is 40.8 Å². The van der Waals surface area contributed by atoms with Crippen LogP contribution in [0.15, 0.2) is 29.4 Å². The van der Waals surface area contributed by atoms with E-state index in [9.17, 15) is 0 Å². The maximum atomic E-state index is 5.72. The van der Waals surface area contributed by atoms with Crippen LogP contribution in [0.2, 0.25) is 0 Å². The maximum Gasteiger partial charge on any atom is 0.208 e. The van der Waals surface area contributed by atoms with E-state index in [0.717, 1.165) is 41.1 Å². The molecule has 2 aromatic rings. The molecule has 0 unspecified atom stereocenters. The van der Waals surface area contributed by atoms with Crippen molar-refractivity contribution in [3.8, 4) is 17.1 Å². The summed E-state index contributed by atoms with van der Waals surface area (Å²) in [6, 6.07) is 7.77. The third-order valence-corrected chi connectivity index (χ3v) is 4.48. The molecule has 1 N–H and O–H groups in total. The molecule has 6 heteroatoms. The molecule has 1 aromatic carbocycles. The van der Waals surface area contributed by atoms with Crippen molar-refractivity contribution in [3.63, 3.8) is 0 Å². The van der Waals surface area contributed by atoms with Gasteiger partial charge in [0.05, 0.1) is 13.2 Å². The molecular weight excluding hydrogens is 286 g/mol. The lowest BCUT2D eigenvalue weighted by atomic mass is 10.1. The van der Waals surface area contributed by atoms with Gasteiger partial charge < -0.3 is 9.47 Å². The molecule has 1 atom stereocenters. The molecule has 0 aliphatic carbocycles. The Hall–Kier alpha value is -1.53. The maximum absolute atomic E-state index is 5.72. The Bertz CT molecular complexity index is 565. The molecule has 3 rings (SSSR count). The second-order valence-electron chi connectivity index (χ2n) is 4.99. The van der Waals surface area contributed by atoms with Crippen LogP contribution < -0.4 is 4.74 Å². The summed E-state index contributed by atoms with van der Waals surface area (Å²) in [5, 5.41) is 8.02. The van der Waals surface area contributed by atoms with Gasteiger partial charge in [-0.1, -0.05) is 11.8 Å². The summed E-state index contributed by atoms with van der Waals surface area (Å²) in [6.45, 7) is 0.885. The highest BCUT2D eigenvalue weighted by atomic mass is 32.2. The van der Waals surface area contributed by atoms with Crippen molar-refractivity contribution in [2.24, 2.45) is 0 Å². The summed E-state index contributed by atoms with van der Waals surface area (Å²) < 4.78 is 10.9. The van der Waals surface area contributed by atoms with E-state index in [-0.39, 0.29) is 0 Å². The summed E-state index contributed by atoms with van der Waals surface area (Å²) in [7, 11) is 1.66. The van der Waals surface area contributed by atoms with Gasteiger partial charge in [0.1, 0.15) is 5.75 Å². The highest BCUT2D eigenvalue weighted by molar-refractivity contribution is 7.99. The molecule has 0 saturated carbocycles. The first-order valence-corrected chi connectivity index (χ1v) is 8.15. The zero-order valence-electron chi connectivity index (χ0n) is 12.0. The van der Waals surface area contributed by atoms with Crippen LogP contribution in [0, 0.1) is 0 Å².